The van der Waals surface area contributed by atoms with Crippen LogP contribution in [-0.2, 0) is 10.4 Å². The highest BCUT2D eigenvalue weighted by atomic mass is 16.3. The van der Waals surface area contributed by atoms with Crippen molar-refractivity contribution in [3.05, 3.63) is 29.8 Å². The highest BCUT2D eigenvalue weighted by Gasteiger charge is 2.44. The molecule has 1 aliphatic heterocycles. The molecule has 1 aromatic rings. The van der Waals surface area contributed by atoms with Crippen molar-refractivity contribution in [1.29, 1.82) is 5.26 Å². The zero-order valence-electron chi connectivity index (χ0n) is 7.32. The van der Waals surface area contributed by atoms with Gasteiger partial charge >= 0.3 is 0 Å². The van der Waals surface area contributed by atoms with E-state index in [1.54, 1.807) is 24.3 Å². The van der Waals surface area contributed by atoms with Crippen molar-refractivity contribution >= 4 is 11.6 Å². The molecular formula is C10H8N2O2. The van der Waals surface area contributed by atoms with E-state index in [4.69, 9.17) is 5.26 Å². The third kappa shape index (κ3) is 0.998. The predicted octanol–water partition coefficient (Wildman–Crippen LogP) is 0.740. The number of benzene rings is 1. The van der Waals surface area contributed by atoms with Crippen LogP contribution in [0.25, 0.3) is 0 Å². The van der Waals surface area contributed by atoms with E-state index in [0.29, 0.717) is 11.3 Å². The van der Waals surface area contributed by atoms with Gasteiger partial charge in [0.2, 0.25) is 0 Å². The number of amides is 1. The summed E-state index contributed by atoms with van der Waals surface area (Å²) in [5.41, 5.74) is -0.618. The summed E-state index contributed by atoms with van der Waals surface area (Å²) in [6.07, 6.45) is -0.226. The van der Waals surface area contributed by atoms with Crippen molar-refractivity contribution in [2.24, 2.45) is 0 Å². The van der Waals surface area contributed by atoms with E-state index < -0.39 is 11.5 Å². The number of anilines is 1. The summed E-state index contributed by atoms with van der Waals surface area (Å²) in [6, 6.07) is 8.64. The molecule has 0 saturated heterocycles. The lowest BCUT2D eigenvalue weighted by molar-refractivity contribution is -0.133. The first-order chi connectivity index (χ1) is 6.68. The van der Waals surface area contributed by atoms with Crippen molar-refractivity contribution in [3.63, 3.8) is 0 Å². The number of nitrogens with zero attached hydrogens (tertiary/aromatic N) is 1. The maximum atomic E-state index is 11.4. The second-order valence-electron chi connectivity index (χ2n) is 3.19. The van der Waals surface area contributed by atoms with E-state index in [-0.39, 0.29) is 6.42 Å². The number of rotatable bonds is 1. The average molecular weight is 188 g/mol. The van der Waals surface area contributed by atoms with Crippen LogP contribution in [0.2, 0.25) is 0 Å². The Morgan fingerprint density at radius 3 is 2.93 bits per heavy atom. The number of aliphatic hydroxyl groups is 1. The topological polar surface area (TPSA) is 73.1 Å². The minimum atomic E-state index is -1.68. The van der Waals surface area contributed by atoms with Crippen molar-refractivity contribution in [3.8, 4) is 6.07 Å². The van der Waals surface area contributed by atoms with Gasteiger partial charge in [0.15, 0.2) is 5.60 Å². The number of nitrogens with one attached hydrogen (secondary N) is 1. The highest BCUT2D eigenvalue weighted by Crippen LogP contribution is 2.37. The lowest BCUT2D eigenvalue weighted by atomic mass is 9.93. The lowest BCUT2D eigenvalue weighted by Gasteiger charge is -2.16. The Labute approximate surface area is 80.8 Å². The van der Waals surface area contributed by atoms with E-state index in [0.717, 1.165) is 0 Å². The van der Waals surface area contributed by atoms with Gasteiger partial charge in [-0.05, 0) is 6.07 Å². The third-order valence-corrected chi connectivity index (χ3v) is 2.33. The highest BCUT2D eigenvalue weighted by molar-refractivity contribution is 6.05. The molecule has 0 fully saturated rings. The van der Waals surface area contributed by atoms with Gasteiger partial charge in [0.1, 0.15) is 0 Å². The molecule has 70 valence electrons. The van der Waals surface area contributed by atoms with Gasteiger partial charge in [-0.15, -0.1) is 0 Å². The summed E-state index contributed by atoms with van der Waals surface area (Å²) >= 11 is 0. The SMILES string of the molecule is N#CC[C@@]1(O)C(=O)Nc2ccccc21. The first-order valence-electron chi connectivity index (χ1n) is 4.19. The second kappa shape index (κ2) is 2.82. The molecule has 4 nitrogen and oxygen atoms in total. The Hall–Kier alpha value is -1.86. The molecule has 4 heteroatoms. The van der Waals surface area contributed by atoms with Gasteiger partial charge in [-0.3, -0.25) is 4.79 Å². The van der Waals surface area contributed by atoms with Gasteiger partial charge in [-0.2, -0.15) is 5.26 Å². The van der Waals surface area contributed by atoms with E-state index >= 15 is 0 Å². The molecule has 1 atom stereocenters. The van der Waals surface area contributed by atoms with Gasteiger partial charge in [-0.1, -0.05) is 18.2 Å². The van der Waals surface area contributed by atoms with Crippen molar-refractivity contribution in [1.82, 2.24) is 0 Å². The molecule has 0 aromatic heterocycles. The van der Waals surface area contributed by atoms with Crippen LogP contribution in [0, 0.1) is 11.3 Å². The molecule has 0 saturated carbocycles. The number of fused-ring (bicyclic) bond motifs is 1. The normalized spacial score (nSPS) is 23.9. The van der Waals surface area contributed by atoms with Gasteiger partial charge < -0.3 is 10.4 Å². The first-order valence-corrected chi connectivity index (χ1v) is 4.19. The summed E-state index contributed by atoms with van der Waals surface area (Å²) in [7, 11) is 0. The van der Waals surface area contributed by atoms with E-state index in [9.17, 15) is 9.90 Å². The van der Waals surface area contributed by atoms with Crippen molar-refractivity contribution < 1.29 is 9.90 Å². The lowest BCUT2D eigenvalue weighted by Crippen LogP contribution is -2.33. The second-order valence-corrected chi connectivity index (χ2v) is 3.19. The Bertz CT molecular complexity index is 436. The number of hydrogen-bond donors (Lipinski definition) is 2. The molecule has 1 heterocycles. The maximum Gasteiger partial charge on any atom is 0.262 e. The van der Waals surface area contributed by atoms with Crippen LogP contribution in [0.15, 0.2) is 24.3 Å². The fourth-order valence-corrected chi connectivity index (χ4v) is 1.59. The molecule has 0 aliphatic carbocycles. The standard InChI is InChI=1S/C10H8N2O2/c11-6-5-10(14)7-3-1-2-4-8(7)12-9(10)13/h1-4,14H,5H2,(H,12,13)/t10-/m0/s1. The molecule has 2 N–H and O–H groups in total. The molecule has 1 aliphatic rings. The quantitative estimate of drug-likeness (QED) is 0.682. The summed E-state index contributed by atoms with van der Waals surface area (Å²) in [6.45, 7) is 0. The third-order valence-electron chi connectivity index (χ3n) is 2.33. The Kier molecular flexibility index (Phi) is 1.76. The zero-order valence-corrected chi connectivity index (χ0v) is 7.32. The fraction of sp³-hybridized carbons (Fsp3) is 0.200. The Morgan fingerprint density at radius 1 is 1.50 bits per heavy atom. The first kappa shape index (κ1) is 8.73. The monoisotopic (exact) mass is 188 g/mol. The summed E-state index contributed by atoms with van der Waals surface area (Å²) in [4.78, 5) is 11.4. The number of para-hydroxylation sites is 1. The summed E-state index contributed by atoms with van der Waals surface area (Å²) in [5, 5.41) is 21.1. The Morgan fingerprint density at radius 2 is 2.21 bits per heavy atom. The zero-order chi connectivity index (χ0) is 10.2. The van der Waals surface area contributed by atoms with Crippen LogP contribution in [0.1, 0.15) is 12.0 Å². The van der Waals surface area contributed by atoms with Crippen LogP contribution in [-0.4, -0.2) is 11.0 Å². The maximum absolute atomic E-state index is 11.4. The van der Waals surface area contributed by atoms with Gasteiger partial charge in [0.25, 0.3) is 5.91 Å². The molecule has 1 amide bonds. The molecular weight excluding hydrogens is 180 g/mol. The largest absolute Gasteiger partial charge is 0.374 e. The molecule has 0 spiro atoms. The molecule has 0 bridgehead atoms. The number of hydrogen-bond acceptors (Lipinski definition) is 3. The van der Waals surface area contributed by atoms with E-state index in [1.165, 1.54) is 0 Å². The van der Waals surface area contributed by atoms with Gasteiger partial charge in [0.05, 0.1) is 12.5 Å². The summed E-state index contributed by atoms with van der Waals surface area (Å²) in [5.74, 6) is -0.528. The number of nitriles is 1. The average Bonchev–Trinajstić information content (AvgIpc) is 2.41. The summed E-state index contributed by atoms with van der Waals surface area (Å²) < 4.78 is 0. The van der Waals surface area contributed by atoms with Crippen LogP contribution in [0.4, 0.5) is 5.69 Å². The van der Waals surface area contributed by atoms with Crippen LogP contribution >= 0.6 is 0 Å². The Balaban J connectivity index is 2.55. The minimum Gasteiger partial charge on any atom is -0.374 e. The molecule has 14 heavy (non-hydrogen) atoms. The van der Waals surface area contributed by atoms with Crippen LogP contribution in [0.3, 0.4) is 0 Å². The minimum absolute atomic E-state index is 0.226. The van der Waals surface area contributed by atoms with Crippen LogP contribution in [0.5, 0.6) is 0 Å². The van der Waals surface area contributed by atoms with E-state index in [2.05, 4.69) is 5.32 Å². The van der Waals surface area contributed by atoms with Crippen molar-refractivity contribution in [2.45, 2.75) is 12.0 Å². The van der Waals surface area contributed by atoms with Gasteiger partial charge in [-0.25, -0.2) is 0 Å². The molecule has 0 unspecified atom stereocenters. The van der Waals surface area contributed by atoms with Crippen molar-refractivity contribution in [2.75, 3.05) is 5.32 Å². The number of carbonyl (C=O) groups excluding carboxylic acids is 1. The van der Waals surface area contributed by atoms with E-state index in [1.807, 2.05) is 6.07 Å². The smallest absolute Gasteiger partial charge is 0.262 e. The van der Waals surface area contributed by atoms with Gasteiger partial charge in [0, 0.05) is 11.3 Å². The predicted molar refractivity (Wildman–Crippen MR) is 49.2 cm³/mol. The fourth-order valence-electron chi connectivity index (χ4n) is 1.59. The molecule has 2 rings (SSSR count). The van der Waals surface area contributed by atoms with Crippen LogP contribution < -0.4 is 5.32 Å². The molecule has 0 radical (unpaired) electrons. The molecule has 1 aromatic carbocycles. The number of carbonyl (C=O) groups is 1.